The second-order valence-corrected chi connectivity index (χ2v) is 6.97. The molecule has 5 heteroatoms. The highest BCUT2D eigenvalue weighted by molar-refractivity contribution is 6.03. The Morgan fingerprint density at radius 2 is 1.86 bits per heavy atom. The molecule has 0 aliphatic heterocycles. The molecule has 0 unspecified atom stereocenters. The van der Waals surface area contributed by atoms with E-state index in [0.29, 0.717) is 5.69 Å². The molecule has 1 amide bonds. The zero-order valence-electron chi connectivity index (χ0n) is 16.4. The van der Waals surface area contributed by atoms with Gasteiger partial charge in [0.2, 0.25) is 0 Å². The molecule has 4 rings (SSSR count). The van der Waals surface area contributed by atoms with Gasteiger partial charge >= 0.3 is 0 Å². The zero-order chi connectivity index (χ0) is 20.1. The first-order chi connectivity index (χ1) is 14.2. The van der Waals surface area contributed by atoms with Gasteiger partial charge in [0.25, 0.3) is 5.91 Å². The van der Waals surface area contributed by atoms with Crippen LogP contribution in [0.3, 0.4) is 0 Å². The molecule has 0 bridgehead atoms. The molecule has 0 saturated carbocycles. The van der Waals surface area contributed by atoms with Gasteiger partial charge in [0.15, 0.2) is 0 Å². The second-order valence-electron chi connectivity index (χ2n) is 6.97. The van der Waals surface area contributed by atoms with E-state index in [1.54, 1.807) is 12.3 Å². The van der Waals surface area contributed by atoms with Gasteiger partial charge in [0.05, 0.1) is 0 Å². The lowest BCUT2D eigenvalue weighted by Crippen LogP contribution is -2.14. The molecule has 0 aliphatic carbocycles. The summed E-state index contributed by atoms with van der Waals surface area (Å²) in [7, 11) is 0. The number of para-hydroxylation sites is 1. The van der Waals surface area contributed by atoms with Gasteiger partial charge in [0.1, 0.15) is 5.69 Å². The SMILES string of the molecule is CCc1ccc(NC(=O)c2cc(NCCc3c[nH]c4ccccc34)ccn2)cc1. The summed E-state index contributed by atoms with van der Waals surface area (Å²) in [6.07, 6.45) is 5.57. The lowest BCUT2D eigenvalue weighted by Gasteiger charge is -2.09. The van der Waals surface area contributed by atoms with Crippen LogP contribution in [0.25, 0.3) is 10.9 Å². The summed E-state index contributed by atoms with van der Waals surface area (Å²) >= 11 is 0. The van der Waals surface area contributed by atoms with Crippen LogP contribution in [0.15, 0.2) is 73.1 Å². The number of amides is 1. The van der Waals surface area contributed by atoms with Gasteiger partial charge in [-0.05, 0) is 54.3 Å². The maximum atomic E-state index is 12.5. The number of H-pyrrole nitrogens is 1. The Morgan fingerprint density at radius 1 is 1.03 bits per heavy atom. The molecule has 3 N–H and O–H groups in total. The van der Waals surface area contributed by atoms with Crippen molar-refractivity contribution in [1.29, 1.82) is 0 Å². The van der Waals surface area contributed by atoms with E-state index >= 15 is 0 Å². The van der Waals surface area contributed by atoms with Crippen LogP contribution in [-0.4, -0.2) is 22.4 Å². The third-order valence-corrected chi connectivity index (χ3v) is 5.01. The molecule has 2 aromatic heterocycles. The molecule has 0 atom stereocenters. The summed E-state index contributed by atoms with van der Waals surface area (Å²) in [6, 6.07) is 19.8. The number of aryl methyl sites for hydroxylation is 1. The van der Waals surface area contributed by atoms with Crippen LogP contribution in [0.1, 0.15) is 28.5 Å². The molecule has 0 spiro atoms. The predicted molar refractivity (Wildman–Crippen MR) is 119 cm³/mol. The largest absolute Gasteiger partial charge is 0.385 e. The minimum atomic E-state index is -0.213. The number of benzene rings is 2. The summed E-state index contributed by atoms with van der Waals surface area (Å²) in [5.74, 6) is -0.213. The first kappa shape index (κ1) is 18.7. The van der Waals surface area contributed by atoms with Crippen molar-refractivity contribution in [3.05, 3.63) is 89.9 Å². The second kappa shape index (κ2) is 8.61. The number of hydrogen-bond acceptors (Lipinski definition) is 3. The Kier molecular flexibility index (Phi) is 5.56. The van der Waals surface area contributed by atoms with Gasteiger partial charge in [-0.25, -0.2) is 0 Å². The molecule has 4 aromatic rings. The summed E-state index contributed by atoms with van der Waals surface area (Å²) in [6.45, 7) is 2.87. The summed E-state index contributed by atoms with van der Waals surface area (Å²) in [5.41, 5.74) is 5.70. The molecule has 146 valence electrons. The third-order valence-electron chi connectivity index (χ3n) is 5.01. The number of nitrogens with zero attached hydrogens (tertiary/aromatic N) is 1. The van der Waals surface area contributed by atoms with Gasteiger partial charge in [-0.2, -0.15) is 0 Å². The Labute approximate surface area is 170 Å². The van der Waals surface area contributed by atoms with Gasteiger partial charge in [-0.3, -0.25) is 9.78 Å². The molecule has 2 heterocycles. The number of carbonyl (C=O) groups excluding carboxylic acids is 1. The fourth-order valence-corrected chi connectivity index (χ4v) is 3.36. The number of rotatable bonds is 7. The van der Waals surface area contributed by atoms with Crippen molar-refractivity contribution in [2.24, 2.45) is 0 Å². The molecular formula is C24H24N4O. The number of aromatic amines is 1. The van der Waals surface area contributed by atoms with Crippen LogP contribution in [0.2, 0.25) is 0 Å². The summed E-state index contributed by atoms with van der Waals surface area (Å²) < 4.78 is 0. The monoisotopic (exact) mass is 384 g/mol. The van der Waals surface area contributed by atoms with E-state index in [-0.39, 0.29) is 5.91 Å². The highest BCUT2D eigenvalue weighted by Crippen LogP contribution is 2.18. The smallest absolute Gasteiger partial charge is 0.274 e. The molecule has 0 saturated heterocycles. The molecule has 29 heavy (non-hydrogen) atoms. The van der Waals surface area contributed by atoms with E-state index < -0.39 is 0 Å². The fraction of sp³-hybridized carbons (Fsp3) is 0.167. The number of pyridine rings is 1. The van der Waals surface area contributed by atoms with E-state index in [4.69, 9.17) is 0 Å². The maximum Gasteiger partial charge on any atom is 0.274 e. The lowest BCUT2D eigenvalue weighted by atomic mass is 10.1. The average Bonchev–Trinajstić information content (AvgIpc) is 3.18. The van der Waals surface area contributed by atoms with Crippen LogP contribution in [-0.2, 0) is 12.8 Å². The first-order valence-corrected chi connectivity index (χ1v) is 9.88. The quantitative estimate of drug-likeness (QED) is 0.418. The van der Waals surface area contributed by atoms with Crippen molar-refractivity contribution in [3.8, 4) is 0 Å². The Hall–Kier alpha value is -3.60. The van der Waals surface area contributed by atoms with Gasteiger partial charge in [-0.1, -0.05) is 37.3 Å². The molecule has 0 radical (unpaired) electrons. The fourth-order valence-electron chi connectivity index (χ4n) is 3.36. The molecule has 0 fully saturated rings. The van der Waals surface area contributed by atoms with Crippen molar-refractivity contribution in [1.82, 2.24) is 9.97 Å². The van der Waals surface area contributed by atoms with E-state index in [9.17, 15) is 4.79 Å². The minimum Gasteiger partial charge on any atom is -0.385 e. The standard InChI is InChI=1S/C24H24N4O/c1-2-17-7-9-19(10-8-17)28-24(29)23-15-20(12-14-26-23)25-13-11-18-16-27-22-6-4-3-5-21(18)22/h3-10,12,14-16,27H,2,11,13H2,1H3,(H,25,26)(H,28,29). The lowest BCUT2D eigenvalue weighted by molar-refractivity contribution is 0.102. The van der Waals surface area contributed by atoms with Crippen molar-refractivity contribution in [2.75, 3.05) is 17.2 Å². The van der Waals surface area contributed by atoms with Crippen molar-refractivity contribution >= 4 is 28.2 Å². The number of carbonyl (C=O) groups is 1. The molecule has 0 aliphatic rings. The molecule has 2 aromatic carbocycles. The van der Waals surface area contributed by atoms with Crippen LogP contribution in [0, 0.1) is 0 Å². The van der Waals surface area contributed by atoms with Crippen molar-refractivity contribution in [3.63, 3.8) is 0 Å². The number of aromatic nitrogens is 2. The molecular weight excluding hydrogens is 360 g/mol. The van der Waals surface area contributed by atoms with Crippen molar-refractivity contribution < 1.29 is 4.79 Å². The highest BCUT2D eigenvalue weighted by atomic mass is 16.1. The van der Waals surface area contributed by atoms with Crippen molar-refractivity contribution in [2.45, 2.75) is 19.8 Å². The van der Waals surface area contributed by atoms with Crippen LogP contribution < -0.4 is 10.6 Å². The normalized spacial score (nSPS) is 10.8. The van der Waals surface area contributed by atoms with Gasteiger partial charge in [-0.15, -0.1) is 0 Å². The molecule has 5 nitrogen and oxygen atoms in total. The van der Waals surface area contributed by atoms with E-state index in [1.807, 2.05) is 36.4 Å². The minimum absolute atomic E-state index is 0.213. The van der Waals surface area contributed by atoms with Gasteiger partial charge < -0.3 is 15.6 Å². The van der Waals surface area contributed by atoms with Crippen LogP contribution in [0.5, 0.6) is 0 Å². The summed E-state index contributed by atoms with van der Waals surface area (Å²) in [5, 5.41) is 7.54. The Bertz CT molecular complexity index is 1120. The topological polar surface area (TPSA) is 69.8 Å². The predicted octanol–water partition coefficient (Wildman–Crippen LogP) is 5.03. The van der Waals surface area contributed by atoms with Gasteiger partial charge in [0, 0.05) is 41.2 Å². The zero-order valence-corrected chi connectivity index (χ0v) is 16.4. The third kappa shape index (κ3) is 4.46. The number of nitrogens with one attached hydrogen (secondary N) is 3. The Morgan fingerprint density at radius 3 is 2.69 bits per heavy atom. The number of anilines is 2. The van der Waals surface area contributed by atoms with Crippen LogP contribution >= 0.6 is 0 Å². The summed E-state index contributed by atoms with van der Waals surface area (Å²) in [4.78, 5) is 20.0. The van der Waals surface area contributed by atoms with E-state index in [0.717, 1.165) is 36.3 Å². The van der Waals surface area contributed by atoms with E-state index in [2.05, 4.69) is 51.9 Å². The average molecular weight is 384 g/mol. The number of fused-ring (bicyclic) bond motifs is 1. The van der Waals surface area contributed by atoms with Crippen LogP contribution in [0.4, 0.5) is 11.4 Å². The number of hydrogen-bond donors (Lipinski definition) is 3. The Balaban J connectivity index is 1.37. The maximum absolute atomic E-state index is 12.5. The highest BCUT2D eigenvalue weighted by Gasteiger charge is 2.09. The first-order valence-electron chi connectivity index (χ1n) is 9.88. The van der Waals surface area contributed by atoms with E-state index in [1.165, 1.54) is 16.5 Å².